The van der Waals surface area contributed by atoms with Gasteiger partial charge in [0.25, 0.3) is 5.56 Å². The van der Waals surface area contributed by atoms with Crippen molar-refractivity contribution in [3.8, 4) is 0 Å². The molecule has 3 heterocycles. The topological polar surface area (TPSA) is 199 Å². The Kier molecular flexibility index (Phi) is 3.91. The Morgan fingerprint density at radius 3 is 2.96 bits per heavy atom. The number of rotatable bonds is 4. The lowest BCUT2D eigenvalue weighted by Crippen LogP contribution is -2.22. The van der Waals surface area contributed by atoms with Gasteiger partial charge in [-0.1, -0.05) is 5.21 Å². The van der Waals surface area contributed by atoms with Crippen LogP contribution in [0.2, 0.25) is 0 Å². The van der Waals surface area contributed by atoms with Gasteiger partial charge in [0.1, 0.15) is 6.10 Å². The first-order valence-electron chi connectivity index (χ1n) is 6.35. The summed E-state index contributed by atoms with van der Waals surface area (Å²) in [5, 5.41) is 17.4. The molecule has 2 aromatic rings. The molecule has 126 valence electrons. The van der Waals surface area contributed by atoms with Crippen LogP contribution < -0.4 is 11.3 Å². The maximum Gasteiger partial charge on any atom is 0.351 e. The van der Waals surface area contributed by atoms with Crippen molar-refractivity contribution >= 4 is 24.7 Å². The van der Waals surface area contributed by atoms with Crippen molar-refractivity contribution < 1.29 is 28.9 Å². The normalized spacial score (nSPS) is 25.3. The lowest BCUT2D eigenvalue weighted by Gasteiger charge is -2.15. The first-order valence-corrected chi connectivity index (χ1v) is 8.15. The Hall–Kier alpha value is -1.89. The van der Waals surface area contributed by atoms with Gasteiger partial charge in [-0.25, -0.2) is 0 Å². The van der Waals surface area contributed by atoms with E-state index in [1.807, 2.05) is 0 Å². The fourth-order valence-corrected chi connectivity index (χ4v) is 2.51. The third-order valence-corrected chi connectivity index (χ3v) is 3.56. The van der Waals surface area contributed by atoms with E-state index in [1.54, 1.807) is 0 Å². The van der Waals surface area contributed by atoms with Crippen LogP contribution in [0.25, 0.3) is 11.2 Å². The minimum atomic E-state index is -4.36. The highest BCUT2D eigenvalue weighted by Gasteiger charge is 2.38. The van der Waals surface area contributed by atoms with E-state index in [9.17, 15) is 14.5 Å². The predicted octanol–water partition coefficient (Wildman–Crippen LogP) is -2.15. The Balaban J connectivity index is 1.85. The average molecular weight is 348 g/mol. The molecule has 2 aromatic heterocycles. The first kappa shape index (κ1) is 16.0. The largest absolute Gasteiger partial charge is 0.388 e. The Morgan fingerprint density at radius 1 is 1.52 bits per heavy atom. The highest BCUT2D eigenvalue weighted by molar-refractivity contribution is 7.51. The summed E-state index contributed by atoms with van der Waals surface area (Å²) in [5.41, 5.74) is 4.78. The second-order valence-corrected chi connectivity index (χ2v) is 6.46. The second kappa shape index (κ2) is 5.63. The van der Waals surface area contributed by atoms with E-state index in [-0.39, 0.29) is 23.5 Å². The van der Waals surface area contributed by atoms with E-state index in [0.717, 1.165) is 4.68 Å². The highest BCUT2D eigenvalue weighted by atomic mass is 31.2. The number of nitrogens with one attached hydrogen (secondary N) is 1. The van der Waals surface area contributed by atoms with E-state index < -0.39 is 38.1 Å². The number of aliphatic hydroxyl groups is 1. The number of hydrogen-bond donors (Lipinski definition) is 5. The third kappa shape index (κ3) is 3.24. The number of nitrogens with zero attached hydrogens (tertiary/aromatic N) is 4. The van der Waals surface area contributed by atoms with Gasteiger partial charge < -0.3 is 30.1 Å². The van der Waals surface area contributed by atoms with Gasteiger partial charge in [0.05, 0.1) is 0 Å². The summed E-state index contributed by atoms with van der Waals surface area (Å²) < 4.78 is 22.1. The number of nitrogen functional groups attached to an aromatic ring is 1. The number of hydrogen-bond acceptors (Lipinski definition) is 9. The molecule has 0 unspecified atom stereocenters. The summed E-state index contributed by atoms with van der Waals surface area (Å²) in [6.45, 7) is 0. The zero-order valence-corrected chi connectivity index (χ0v) is 12.3. The maximum absolute atomic E-state index is 11.7. The smallest absolute Gasteiger partial charge is 0.351 e. The van der Waals surface area contributed by atoms with Crippen molar-refractivity contribution in [2.24, 2.45) is 0 Å². The van der Waals surface area contributed by atoms with Crippen LogP contribution in [-0.2, 0) is 14.0 Å². The number of fused-ring (bicyclic) bond motifs is 1. The molecular formula is C9H13N6O7P. The number of ether oxygens (including phenoxy) is 2. The molecule has 1 saturated heterocycles. The molecule has 13 nitrogen and oxygen atoms in total. The molecule has 0 saturated carbocycles. The lowest BCUT2D eigenvalue weighted by atomic mass is 10.2. The zero-order chi connectivity index (χ0) is 16.8. The van der Waals surface area contributed by atoms with Crippen LogP contribution in [0.3, 0.4) is 0 Å². The molecule has 6 N–H and O–H groups in total. The van der Waals surface area contributed by atoms with Gasteiger partial charge in [-0.3, -0.25) is 14.3 Å². The maximum atomic E-state index is 11.7. The SMILES string of the molecule is Nc1nc2c(nnn2[C@@H]2O[C@H](OCP(=O)(O)O)C[C@H]2O)c(=O)[nH]1. The summed E-state index contributed by atoms with van der Waals surface area (Å²) in [5.74, 6) is -0.159. The van der Waals surface area contributed by atoms with Gasteiger partial charge in [-0.15, -0.1) is 5.10 Å². The van der Waals surface area contributed by atoms with Crippen LogP contribution in [0.1, 0.15) is 12.6 Å². The van der Waals surface area contributed by atoms with Crippen molar-refractivity contribution in [2.75, 3.05) is 12.1 Å². The molecule has 14 heteroatoms. The van der Waals surface area contributed by atoms with E-state index in [0.29, 0.717) is 0 Å². The summed E-state index contributed by atoms with van der Waals surface area (Å²) >= 11 is 0. The van der Waals surface area contributed by atoms with E-state index in [2.05, 4.69) is 20.3 Å². The zero-order valence-electron chi connectivity index (χ0n) is 11.4. The molecule has 0 aromatic carbocycles. The summed E-state index contributed by atoms with van der Waals surface area (Å²) in [7, 11) is -4.36. The minimum Gasteiger partial charge on any atom is -0.388 e. The number of aliphatic hydroxyl groups excluding tert-OH is 1. The van der Waals surface area contributed by atoms with Crippen LogP contribution in [0, 0.1) is 0 Å². The van der Waals surface area contributed by atoms with Crippen molar-refractivity contribution in [3.05, 3.63) is 10.4 Å². The van der Waals surface area contributed by atoms with Crippen LogP contribution >= 0.6 is 7.60 Å². The summed E-state index contributed by atoms with van der Waals surface area (Å²) in [6.07, 6.45) is -4.15. The quantitative estimate of drug-likeness (QED) is 0.377. The molecular weight excluding hydrogens is 335 g/mol. The standard InChI is InChI=1S/C9H13N6O7P/c10-9-11-6-5(7(17)12-9)13-14-15(6)8-3(16)1-4(22-8)21-2-23(18,19)20/h3-4,8,16H,1-2H2,(H2,18,19,20)(H3,10,11,12,17)/t3-,4+,8-/m1/s1. The molecule has 1 fully saturated rings. The molecule has 0 bridgehead atoms. The molecule has 0 spiro atoms. The van der Waals surface area contributed by atoms with Crippen LogP contribution in [-0.4, -0.2) is 58.6 Å². The molecule has 23 heavy (non-hydrogen) atoms. The van der Waals surface area contributed by atoms with Crippen molar-refractivity contribution in [1.29, 1.82) is 0 Å². The number of aromatic nitrogens is 5. The lowest BCUT2D eigenvalue weighted by molar-refractivity contribution is -0.148. The molecule has 3 rings (SSSR count). The van der Waals surface area contributed by atoms with Crippen molar-refractivity contribution in [1.82, 2.24) is 25.0 Å². The van der Waals surface area contributed by atoms with Gasteiger partial charge in [0.2, 0.25) is 5.95 Å². The fraction of sp³-hybridized carbons (Fsp3) is 0.556. The Bertz CT molecular complexity index is 829. The van der Waals surface area contributed by atoms with Crippen molar-refractivity contribution in [3.63, 3.8) is 0 Å². The molecule has 1 aliphatic heterocycles. The highest BCUT2D eigenvalue weighted by Crippen LogP contribution is 2.37. The van der Waals surface area contributed by atoms with Gasteiger partial charge in [0, 0.05) is 6.42 Å². The molecule has 3 atom stereocenters. The Labute approximate surface area is 127 Å². The summed E-state index contributed by atoms with van der Waals surface area (Å²) in [4.78, 5) is 35.4. The number of aromatic amines is 1. The van der Waals surface area contributed by atoms with Gasteiger partial charge >= 0.3 is 7.60 Å². The fourth-order valence-electron chi connectivity index (χ4n) is 2.15. The molecule has 1 aliphatic rings. The van der Waals surface area contributed by atoms with Crippen molar-refractivity contribution in [2.45, 2.75) is 25.0 Å². The molecule has 0 amide bonds. The van der Waals surface area contributed by atoms with Crippen LogP contribution in [0.5, 0.6) is 0 Å². The number of anilines is 1. The van der Waals surface area contributed by atoms with E-state index in [4.69, 9.17) is 25.0 Å². The minimum absolute atomic E-state index is 0.00550. The first-order chi connectivity index (χ1) is 10.7. The Morgan fingerprint density at radius 2 is 2.26 bits per heavy atom. The monoisotopic (exact) mass is 348 g/mol. The van der Waals surface area contributed by atoms with E-state index >= 15 is 0 Å². The van der Waals surface area contributed by atoms with Gasteiger partial charge in [-0.05, 0) is 0 Å². The predicted molar refractivity (Wildman–Crippen MR) is 72.9 cm³/mol. The van der Waals surface area contributed by atoms with Crippen LogP contribution in [0.15, 0.2) is 4.79 Å². The summed E-state index contributed by atoms with van der Waals surface area (Å²) in [6, 6.07) is 0. The molecule has 0 radical (unpaired) electrons. The van der Waals surface area contributed by atoms with Crippen LogP contribution in [0.4, 0.5) is 5.95 Å². The second-order valence-electron chi connectivity index (χ2n) is 4.88. The number of H-pyrrole nitrogens is 1. The van der Waals surface area contributed by atoms with Gasteiger partial charge in [0.15, 0.2) is 30.0 Å². The molecule has 0 aliphatic carbocycles. The average Bonchev–Trinajstić information content (AvgIpc) is 2.99. The number of nitrogens with two attached hydrogens (primary N) is 1. The van der Waals surface area contributed by atoms with Gasteiger partial charge in [-0.2, -0.15) is 9.67 Å². The third-order valence-electron chi connectivity index (χ3n) is 3.08. The van der Waals surface area contributed by atoms with E-state index in [1.165, 1.54) is 0 Å².